The number of amides is 1. The lowest BCUT2D eigenvalue weighted by Crippen LogP contribution is -2.18. The second-order valence-corrected chi connectivity index (χ2v) is 8.18. The lowest BCUT2D eigenvalue weighted by molar-refractivity contribution is -0.121. The van der Waals surface area contributed by atoms with Crippen LogP contribution in [0.4, 0.5) is 5.82 Å². The summed E-state index contributed by atoms with van der Waals surface area (Å²) in [7, 11) is 0. The van der Waals surface area contributed by atoms with Gasteiger partial charge in [-0.25, -0.2) is 0 Å². The summed E-state index contributed by atoms with van der Waals surface area (Å²) in [4.78, 5) is 12.3. The standard InChI is InChI=1S/C24H21ClN4O5/c1-15-8-23(27-29(15)11-16-2-5-18(25)6-3-16)26-24(30)13-31-12-19-10-21(34-28-19)17-4-7-20-22(9-17)33-14-32-20/h2-10H,11-14H2,1H3,(H,26,27,30). The van der Waals surface area contributed by atoms with Crippen LogP contribution in [0, 0.1) is 6.92 Å². The van der Waals surface area contributed by atoms with Crippen LogP contribution in [0.25, 0.3) is 11.3 Å². The van der Waals surface area contributed by atoms with Gasteiger partial charge in [-0.05, 0) is 42.8 Å². The Morgan fingerprint density at radius 3 is 2.79 bits per heavy atom. The summed E-state index contributed by atoms with van der Waals surface area (Å²) < 4.78 is 23.4. The van der Waals surface area contributed by atoms with E-state index in [0.29, 0.717) is 40.3 Å². The minimum atomic E-state index is -0.310. The molecule has 5 rings (SSSR count). The highest BCUT2D eigenvalue weighted by molar-refractivity contribution is 6.30. The van der Waals surface area contributed by atoms with Crippen molar-refractivity contribution in [2.24, 2.45) is 0 Å². The summed E-state index contributed by atoms with van der Waals surface area (Å²) in [6.07, 6.45) is 0. The lowest BCUT2D eigenvalue weighted by Gasteiger charge is -2.05. The molecule has 1 aliphatic heterocycles. The third-order valence-corrected chi connectivity index (χ3v) is 5.45. The molecule has 0 atom stereocenters. The van der Waals surface area contributed by atoms with Crippen molar-refractivity contribution in [1.82, 2.24) is 14.9 Å². The Labute approximate surface area is 200 Å². The van der Waals surface area contributed by atoms with Gasteiger partial charge < -0.3 is 24.1 Å². The van der Waals surface area contributed by atoms with Crippen LogP contribution in [0.2, 0.25) is 5.02 Å². The molecule has 0 radical (unpaired) electrons. The summed E-state index contributed by atoms with van der Waals surface area (Å²) in [5, 5.41) is 11.9. The molecule has 3 heterocycles. The van der Waals surface area contributed by atoms with Gasteiger partial charge in [0.1, 0.15) is 12.3 Å². The van der Waals surface area contributed by atoms with E-state index in [9.17, 15) is 4.79 Å². The SMILES string of the molecule is Cc1cc(NC(=O)COCc2cc(-c3ccc4c(c3)OCO4)on2)nn1Cc1ccc(Cl)cc1. The van der Waals surface area contributed by atoms with Gasteiger partial charge in [-0.15, -0.1) is 0 Å². The van der Waals surface area contributed by atoms with Crippen molar-refractivity contribution in [2.45, 2.75) is 20.1 Å². The number of halogens is 1. The van der Waals surface area contributed by atoms with E-state index >= 15 is 0 Å². The number of nitrogens with zero attached hydrogens (tertiary/aromatic N) is 3. The first kappa shape index (κ1) is 22.0. The number of hydrogen-bond acceptors (Lipinski definition) is 7. The van der Waals surface area contributed by atoms with Gasteiger partial charge in [0.15, 0.2) is 23.1 Å². The van der Waals surface area contributed by atoms with Gasteiger partial charge in [-0.2, -0.15) is 5.10 Å². The van der Waals surface area contributed by atoms with E-state index in [0.717, 1.165) is 16.8 Å². The smallest absolute Gasteiger partial charge is 0.251 e. The zero-order chi connectivity index (χ0) is 23.5. The van der Waals surface area contributed by atoms with Crippen molar-refractivity contribution < 1.29 is 23.5 Å². The quantitative estimate of drug-likeness (QED) is 0.398. The van der Waals surface area contributed by atoms with Crippen molar-refractivity contribution in [3.63, 3.8) is 0 Å². The average molecular weight is 481 g/mol. The molecule has 9 nitrogen and oxygen atoms in total. The highest BCUT2D eigenvalue weighted by atomic mass is 35.5. The fourth-order valence-electron chi connectivity index (χ4n) is 3.49. The van der Waals surface area contributed by atoms with Crippen molar-refractivity contribution in [3.8, 4) is 22.8 Å². The van der Waals surface area contributed by atoms with Gasteiger partial charge in [0.2, 0.25) is 6.79 Å². The Kier molecular flexibility index (Phi) is 6.20. The number of rotatable bonds is 8. The summed E-state index contributed by atoms with van der Waals surface area (Å²) in [6.45, 7) is 2.70. The van der Waals surface area contributed by atoms with E-state index in [4.69, 9.17) is 30.3 Å². The number of aryl methyl sites for hydroxylation is 1. The molecule has 2 aromatic heterocycles. The third kappa shape index (κ3) is 5.05. The molecular weight excluding hydrogens is 460 g/mol. The molecule has 1 amide bonds. The van der Waals surface area contributed by atoms with Crippen LogP contribution in [0.5, 0.6) is 11.5 Å². The number of benzene rings is 2. The first-order valence-corrected chi connectivity index (χ1v) is 10.9. The summed E-state index contributed by atoms with van der Waals surface area (Å²) in [5.74, 6) is 2.09. The molecule has 0 saturated carbocycles. The van der Waals surface area contributed by atoms with E-state index < -0.39 is 0 Å². The second-order valence-electron chi connectivity index (χ2n) is 7.75. The summed E-state index contributed by atoms with van der Waals surface area (Å²) in [5.41, 5.74) is 3.36. The van der Waals surface area contributed by atoms with Crippen molar-refractivity contribution in [2.75, 3.05) is 18.7 Å². The predicted molar refractivity (Wildman–Crippen MR) is 124 cm³/mol. The zero-order valence-electron chi connectivity index (χ0n) is 18.3. The molecule has 2 aromatic carbocycles. The minimum absolute atomic E-state index is 0.130. The fourth-order valence-corrected chi connectivity index (χ4v) is 3.61. The largest absolute Gasteiger partial charge is 0.454 e. The number of anilines is 1. The molecule has 0 unspecified atom stereocenters. The van der Waals surface area contributed by atoms with Crippen molar-refractivity contribution in [3.05, 3.63) is 76.6 Å². The van der Waals surface area contributed by atoms with Crippen LogP contribution in [-0.2, 0) is 22.7 Å². The average Bonchev–Trinajstić information content (AvgIpc) is 3.55. The van der Waals surface area contributed by atoms with E-state index in [1.165, 1.54) is 0 Å². The number of fused-ring (bicyclic) bond motifs is 1. The molecule has 10 heteroatoms. The number of aromatic nitrogens is 3. The molecule has 0 spiro atoms. The van der Waals surface area contributed by atoms with Crippen LogP contribution in [0.15, 0.2) is 59.1 Å². The molecule has 174 valence electrons. The summed E-state index contributed by atoms with van der Waals surface area (Å²) in [6, 6.07) is 16.6. The number of carbonyl (C=O) groups excluding carboxylic acids is 1. The first-order chi connectivity index (χ1) is 16.5. The molecule has 4 aromatic rings. The zero-order valence-corrected chi connectivity index (χ0v) is 19.0. The van der Waals surface area contributed by atoms with Crippen LogP contribution in [0.1, 0.15) is 17.0 Å². The van der Waals surface area contributed by atoms with E-state index in [1.807, 2.05) is 60.1 Å². The highest BCUT2D eigenvalue weighted by Gasteiger charge is 2.16. The molecule has 0 fully saturated rings. The Hall–Kier alpha value is -3.82. The van der Waals surface area contributed by atoms with Crippen LogP contribution in [0.3, 0.4) is 0 Å². The van der Waals surface area contributed by atoms with E-state index in [1.54, 1.807) is 6.07 Å². The number of ether oxygens (including phenoxy) is 3. The minimum Gasteiger partial charge on any atom is -0.454 e. The van der Waals surface area contributed by atoms with Crippen LogP contribution >= 0.6 is 11.6 Å². The maximum absolute atomic E-state index is 12.3. The van der Waals surface area contributed by atoms with Gasteiger partial charge in [0.05, 0.1) is 13.2 Å². The normalized spacial score (nSPS) is 12.2. The van der Waals surface area contributed by atoms with Gasteiger partial charge in [-0.1, -0.05) is 28.9 Å². The van der Waals surface area contributed by atoms with Crippen molar-refractivity contribution in [1.29, 1.82) is 0 Å². The number of carbonyl (C=O) groups is 1. The number of nitrogens with one attached hydrogen (secondary N) is 1. The monoisotopic (exact) mass is 480 g/mol. The Morgan fingerprint density at radius 2 is 1.94 bits per heavy atom. The topological polar surface area (TPSA) is 101 Å². The fraction of sp³-hybridized carbons (Fsp3) is 0.208. The van der Waals surface area contributed by atoms with Gasteiger partial charge in [0, 0.05) is 28.4 Å². The van der Waals surface area contributed by atoms with E-state index in [2.05, 4.69) is 15.6 Å². The highest BCUT2D eigenvalue weighted by Crippen LogP contribution is 2.36. The third-order valence-electron chi connectivity index (χ3n) is 5.19. The number of hydrogen-bond donors (Lipinski definition) is 1. The van der Waals surface area contributed by atoms with Crippen LogP contribution < -0.4 is 14.8 Å². The first-order valence-electron chi connectivity index (χ1n) is 10.6. The maximum atomic E-state index is 12.3. The van der Waals surface area contributed by atoms with Gasteiger partial charge in [0.25, 0.3) is 5.91 Å². The summed E-state index contributed by atoms with van der Waals surface area (Å²) >= 11 is 5.94. The Bertz CT molecular complexity index is 1320. The Morgan fingerprint density at radius 1 is 1.12 bits per heavy atom. The molecule has 0 saturated heterocycles. The molecule has 0 bridgehead atoms. The Balaban J connectivity index is 1.11. The second kappa shape index (κ2) is 9.58. The predicted octanol–water partition coefficient (Wildman–Crippen LogP) is 4.43. The van der Waals surface area contributed by atoms with Gasteiger partial charge in [-0.3, -0.25) is 9.48 Å². The van der Waals surface area contributed by atoms with Gasteiger partial charge >= 0.3 is 0 Å². The van der Waals surface area contributed by atoms with Crippen LogP contribution in [-0.4, -0.2) is 34.2 Å². The maximum Gasteiger partial charge on any atom is 0.251 e. The molecule has 0 aliphatic carbocycles. The molecule has 1 aliphatic rings. The molecular formula is C24H21ClN4O5. The molecule has 1 N–H and O–H groups in total. The molecule has 34 heavy (non-hydrogen) atoms. The van der Waals surface area contributed by atoms with E-state index in [-0.39, 0.29) is 25.9 Å². The van der Waals surface area contributed by atoms with Crippen molar-refractivity contribution >= 4 is 23.3 Å². The lowest BCUT2D eigenvalue weighted by atomic mass is 10.1.